The molecule has 1 aliphatic heterocycles. The molecule has 1 aromatic carbocycles. The van der Waals surface area contributed by atoms with Crippen molar-refractivity contribution in [3.8, 4) is 0 Å². The third kappa shape index (κ3) is 3.69. The van der Waals surface area contributed by atoms with E-state index in [4.69, 9.17) is 0 Å². The topological polar surface area (TPSA) is 29.3 Å². The molecule has 4 saturated carbocycles. The Kier molecular flexibility index (Phi) is 5.66. The van der Waals surface area contributed by atoms with Crippen LogP contribution in [0.4, 0.5) is 0 Å². The highest BCUT2D eigenvalue weighted by Crippen LogP contribution is 2.84. The molecule has 6 rings (SSSR count). The van der Waals surface area contributed by atoms with E-state index in [1.165, 1.54) is 39.5 Å². The lowest BCUT2D eigenvalue weighted by Crippen LogP contribution is -2.50. The second-order valence-electron chi connectivity index (χ2n) is 12.1. The second kappa shape index (κ2) is 7.68. The monoisotopic (exact) mass is 396 g/mol. The van der Waals surface area contributed by atoms with Crippen LogP contribution < -0.4 is 5.73 Å². The highest BCUT2D eigenvalue weighted by molar-refractivity contribution is 5.25. The Balaban J connectivity index is 0.000000219. The molecule has 0 aromatic heterocycles. The predicted molar refractivity (Wildman–Crippen MR) is 124 cm³/mol. The molecule has 4 aliphatic carbocycles. The van der Waals surface area contributed by atoms with E-state index < -0.39 is 0 Å². The summed E-state index contributed by atoms with van der Waals surface area (Å²) in [6.07, 6.45) is 12.4. The Morgan fingerprint density at radius 1 is 0.897 bits per heavy atom. The SMILES string of the molecule is CC1(C)CCCN(CC23CC4CC5CC(C)(C2)C5(C4)C3)C1.CN.c1ccccc1. The van der Waals surface area contributed by atoms with Crippen LogP contribution in [-0.2, 0) is 0 Å². The van der Waals surface area contributed by atoms with Crippen LogP contribution in [0.3, 0.4) is 0 Å². The lowest BCUT2D eigenvalue weighted by molar-refractivity contribution is -0.0858. The number of benzene rings is 1. The van der Waals surface area contributed by atoms with Gasteiger partial charge in [0.1, 0.15) is 0 Å². The Morgan fingerprint density at radius 2 is 1.55 bits per heavy atom. The maximum atomic E-state index is 4.50. The fourth-order valence-electron chi connectivity index (χ4n) is 8.89. The van der Waals surface area contributed by atoms with Crippen molar-refractivity contribution in [1.82, 2.24) is 4.90 Å². The van der Waals surface area contributed by atoms with Crippen LogP contribution in [0.5, 0.6) is 0 Å². The number of likely N-dealkylation sites (tertiary alicyclic amines) is 1. The summed E-state index contributed by atoms with van der Waals surface area (Å²) in [6.45, 7) is 11.8. The first-order valence-corrected chi connectivity index (χ1v) is 12.1. The van der Waals surface area contributed by atoms with Gasteiger partial charge < -0.3 is 10.6 Å². The maximum absolute atomic E-state index is 4.50. The molecule has 1 spiro atoms. The summed E-state index contributed by atoms with van der Waals surface area (Å²) in [5.41, 5.74) is 7.34. The third-order valence-electron chi connectivity index (χ3n) is 9.33. The van der Waals surface area contributed by atoms with Crippen molar-refractivity contribution in [1.29, 1.82) is 0 Å². The molecule has 0 radical (unpaired) electrons. The summed E-state index contributed by atoms with van der Waals surface area (Å²) in [7, 11) is 1.50. The number of hydrogen-bond acceptors (Lipinski definition) is 2. The molecule has 5 unspecified atom stereocenters. The van der Waals surface area contributed by atoms with Gasteiger partial charge in [-0.25, -0.2) is 0 Å². The molecule has 1 heterocycles. The van der Waals surface area contributed by atoms with E-state index in [-0.39, 0.29) is 0 Å². The van der Waals surface area contributed by atoms with Gasteiger partial charge in [-0.15, -0.1) is 0 Å². The maximum Gasteiger partial charge on any atom is 0.00387 e. The van der Waals surface area contributed by atoms with Crippen LogP contribution in [0.25, 0.3) is 0 Å². The van der Waals surface area contributed by atoms with Crippen molar-refractivity contribution in [3.63, 3.8) is 0 Å². The fourth-order valence-corrected chi connectivity index (χ4v) is 8.89. The molecule has 29 heavy (non-hydrogen) atoms. The van der Waals surface area contributed by atoms with Crippen LogP contribution >= 0.6 is 0 Å². The molecular formula is C27H44N2. The molecule has 1 saturated heterocycles. The van der Waals surface area contributed by atoms with Crippen molar-refractivity contribution in [3.05, 3.63) is 36.4 Å². The average molecular weight is 397 g/mol. The van der Waals surface area contributed by atoms with E-state index in [1.54, 1.807) is 38.5 Å². The van der Waals surface area contributed by atoms with Crippen LogP contribution in [0.15, 0.2) is 36.4 Å². The van der Waals surface area contributed by atoms with Gasteiger partial charge in [0.25, 0.3) is 0 Å². The van der Waals surface area contributed by atoms with Crippen LogP contribution in [0.1, 0.15) is 72.1 Å². The molecule has 5 fully saturated rings. The van der Waals surface area contributed by atoms with Crippen molar-refractivity contribution in [2.24, 2.45) is 39.2 Å². The first-order chi connectivity index (χ1) is 13.8. The summed E-state index contributed by atoms with van der Waals surface area (Å²) in [4.78, 5) is 2.87. The summed E-state index contributed by atoms with van der Waals surface area (Å²) in [6, 6.07) is 12.0. The Labute approximate surface area is 179 Å². The summed E-state index contributed by atoms with van der Waals surface area (Å²) < 4.78 is 0. The van der Waals surface area contributed by atoms with Gasteiger partial charge in [0.05, 0.1) is 0 Å². The lowest BCUT2D eigenvalue weighted by atomic mass is 9.47. The van der Waals surface area contributed by atoms with Crippen molar-refractivity contribution < 1.29 is 0 Å². The molecule has 162 valence electrons. The van der Waals surface area contributed by atoms with Gasteiger partial charge in [-0.3, -0.25) is 0 Å². The molecule has 5 aliphatic rings. The molecule has 5 atom stereocenters. The minimum absolute atomic E-state index is 0.560. The van der Waals surface area contributed by atoms with Crippen LogP contribution in [-0.4, -0.2) is 31.6 Å². The molecule has 2 nitrogen and oxygen atoms in total. The fraction of sp³-hybridized carbons (Fsp3) is 0.778. The molecule has 2 heteroatoms. The highest BCUT2D eigenvalue weighted by Gasteiger charge is 2.75. The predicted octanol–water partition coefficient (Wildman–Crippen LogP) is 5.98. The van der Waals surface area contributed by atoms with E-state index >= 15 is 0 Å². The van der Waals surface area contributed by atoms with Gasteiger partial charge in [0.2, 0.25) is 0 Å². The van der Waals surface area contributed by atoms with Crippen LogP contribution in [0.2, 0.25) is 0 Å². The lowest BCUT2D eigenvalue weighted by Gasteiger charge is -2.57. The number of rotatable bonds is 2. The van der Waals surface area contributed by atoms with E-state index in [2.05, 4.69) is 31.4 Å². The van der Waals surface area contributed by atoms with Crippen molar-refractivity contribution in [2.45, 2.75) is 72.1 Å². The third-order valence-corrected chi connectivity index (χ3v) is 9.33. The van der Waals surface area contributed by atoms with Crippen molar-refractivity contribution >= 4 is 0 Å². The first-order valence-electron chi connectivity index (χ1n) is 12.1. The van der Waals surface area contributed by atoms with Gasteiger partial charge in [-0.2, -0.15) is 0 Å². The molecule has 1 aromatic rings. The Hall–Kier alpha value is -0.860. The van der Waals surface area contributed by atoms with E-state index in [9.17, 15) is 0 Å². The van der Waals surface area contributed by atoms with E-state index in [0.717, 1.165) is 28.1 Å². The van der Waals surface area contributed by atoms with Gasteiger partial charge >= 0.3 is 0 Å². The number of nitrogens with two attached hydrogens (primary N) is 1. The zero-order chi connectivity index (χ0) is 20.8. The Morgan fingerprint density at radius 3 is 2.17 bits per heavy atom. The zero-order valence-electron chi connectivity index (χ0n) is 19.4. The van der Waals surface area contributed by atoms with E-state index in [1.807, 2.05) is 36.4 Å². The van der Waals surface area contributed by atoms with Gasteiger partial charge in [0.15, 0.2) is 0 Å². The number of fused-ring (bicyclic) bond motifs is 2. The number of nitrogens with zero attached hydrogens (tertiary/aromatic N) is 1. The van der Waals surface area contributed by atoms with E-state index in [0.29, 0.717) is 5.41 Å². The van der Waals surface area contributed by atoms with Gasteiger partial charge in [-0.05, 0) is 98.5 Å². The minimum atomic E-state index is 0.560. The van der Waals surface area contributed by atoms with Gasteiger partial charge in [0, 0.05) is 13.1 Å². The largest absolute Gasteiger partial charge is 0.333 e. The summed E-state index contributed by atoms with van der Waals surface area (Å²) in [5, 5.41) is 0. The standard InChI is InChI=1S/C20H33N.C6H6.CH5N/c1-17(2)5-4-6-21(13-17)14-19-8-15-7-16-10-18(3,11-19)20(16,9-15)12-19;1-2-4-6-5-3-1;1-2/h15-16H,4-14H2,1-3H3;1-6H;2H2,1H3. The Bertz CT molecular complexity index is 658. The number of piperidine rings is 1. The molecule has 2 N–H and O–H groups in total. The summed E-state index contributed by atoms with van der Waals surface area (Å²) >= 11 is 0. The quantitative estimate of drug-likeness (QED) is 0.666. The highest BCUT2D eigenvalue weighted by atomic mass is 15.1. The van der Waals surface area contributed by atoms with Crippen molar-refractivity contribution in [2.75, 3.05) is 26.7 Å². The summed E-state index contributed by atoms with van der Waals surface area (Å²) in [5.74, 6) is 2.24. The van der Waals surface area contributed by atoms with Gasteiger partial charge in [-0.1, -0.05) is 57.2 Å². The minimum Gasteiger partial charge on any atom is -0.333 e. The second-order valence-corrected chi connectivity index (χ2v) is 12.1. The molecule has 0 amide bonds. The smallest absolute Gasteiger partial charge is 0.00387 e. The first kappa shape index (κ1) is 21.4. The normalized spacial score (nSPS) is 43.3. The number of hydrogen-bond donors (Lipinski definition) is 1. The molecule has 3 bridgehead atoms. The van der Waals surface area contributed by atoms with Crippen LogP contribution in [0, 0.1) is 33.5 Å². The molecular weight excluding hydrogens is 352 g/mol. The average Bonchev–Trinajstić information content (AvgIpc) is 2.99. The zero-order valence-corrected chi connectivity index (χ0v) is 19.4.